The summed E-state index contributed by atoms with van der Waals surface area (Å²) in [5, 5.41) is 3.07. The lowest BCUT2D eigenvalue weighted by Crippen LogP contribution is -2.40. The number of rotatable bonds is 6. The minimum atomic E-state index is 0.0489. The van der Waals surface area contributed by atoms with E-state index in [-0.39, 0.29) is 11.8 Å². The molecule has 1 N–H and O–H groups in total. The zero-order valence-corrected chi connectivity index (χ0v) is 17.1. The molecule has 1 aliphatic heterocycles. The highest BCUT2D eigenvalue weighted by atomic mass is 16.5. The first-order valence-corrected chi connectivity index (χ1v) is 10.3. The second-order valence-electron chi connectivity index (χ2n) is 7.45. The predicted octanol–water partition coefficient (Wildman–Crippen LogP) is 3.69. The van der Waals surface area contributed by atoms with Crippen molar-refractivity contribution in [3.63, 3.8) is 0 Å². The summed E-state index contributed by atoms with van der Waals surface area (Å²) in [4.78, 5) is 23.6. The first-order chi connectivity index (χ1) is 14.7. The molecule has 0 unspecified atom stereocenters. The molecule has 4 rings (SSSR count). The van der Waals surface area contributed by atoms with Crippen molar-refractivity contribution in [3.05, 3.63) is 72.6 Å². The molecule has 3 aromatic rings. The smallest absolute Gasteiger partial charge is 0.223 e. The molecule has 30 heavy (non-hydrogen) atoms. The Labute approximate surface area is 176 Å². The number of hydrogen-bond acceptors (Lipinski definition) is 5. The van der Waals surface area contributed by atoms with Crippen LogP contribution in [0.5, 0.6) is 5.75 Å². The molecule has 0 saturated carbocycles. The summed E-state index contributed by atoms with van der Waals surface area (Å²) < 4.78 is 5.22. The molecule has 1 fully saturated rings. The van der Waals surface area contributed by atoms with Crippen molar-refractivity contribution in [1.82, 2.24) is 15.3 Å². The van der Waals surface area contributed by atoms with Gasteiger partial charge in [0.2, 0.25) is 5.91 Å². The average molecular weight is 402 g/mol. The number of anilines is 1. The highest BCUT2D eigenvalue weighted by molar-refractivity contribution is 5.79. The fourth-order valence-corrected chi connectivity index (χ4v) is 3.74. The third-order valence-electron chi connectivity index (χ3n) is 5.54. The van der Waals surface area contributed by atoms with Gasteiger partial charge in [-0.25, -0.2) is 9.97 Å². The number of aromatic nitrogens is 2. The quantitative estimate of drug-likeness (QED) is 0.681. The number of nitrogens with one attached hydrogen (secondary N) is 1. The van der Waals surface area contributed by atoms with Crippen molar-refractivity contribution in [2.45, 2.75) is 19.4 Å². The zero-order valence-electron chi connectivity index (χ0n) is 17.1. The van der Waals surface area contributed by atoms with Crippen molar-refractivity contribution in [3.8, 4) is 17.0 Å². The van der Waals surface area contributed by atoms with Crippen LogP contribution < -0.4 is 15.0 Å². The number of ether oxygens (including phenoxy) is 1. The third-order valence-corrected chi connectivity index (χ3v) is 5.54. The van der Waals surface area contributed by atoms with Crippen LogP contribution in [-0.2, 0) is 11.3 Å². The van der Waals surface area contributed by atoms with Gasteiger partial charge in [0.25, 0.3) is 0 Å². The molecule has 154 valence electrons. The minimum Gasteiger partial charge on any atom is -0.497 e. The van der Waals surface area contributed by atoms with Crippen molar-refractivity contribution in [2.75, 3.05) is 25.1 Å². The van der Waals surface area contributed by atoms with E-state index in [1.54, 1.807) is 13.4 Å². The first-order valence-electron chi connectivity index (χ1n) is 10.3. The number of carbonyl (C=O) groups excluding carboxylic acids is 1. The molecule has 1 aliphatic rings. The van der Waals surface area contributed by atoms with Gasteiger partial charge in [-0.1, -0.05) is 30.3 Å². The number of hydrogen-bond donors (Lipinski definition) is 1. The van der Waals surface area contributed by atoms with Crippen LogP contribution >= 0.6 is 0 Å². The molecule has 0 atom stereocenters. The van der Waals surface area contributed by atoms with Gasteiger partial charge >= 0.3 is 0 Å². The van der Waals surface area contributed by atoms with Crippen molar-refractivity contribution >= 4 is 11.7 Å². The number of nitrogens with zero attached hydrogens (tertiary/aromatic N) is 3. The Bertz CT molecular complexity index is 968. The van der Waals surface area contributed by atoms with Crippen LogP contribution in [0.2, 0.25) is 0 Å². The van der Waals surface area contributed by atoms with E-state index < -0.39 is 0 Å². The second-order valence-corrected chi connectivity index (χ2v) is 7.45. The first kappa shape index (κ1) is 19.9. The van der Waals surface area contributed by atoms with E-state index in [0.717, 1.165) is 54.3 Å². The van der Waals surface area contributed by atoms with Crippen LogP contribution in [0.25, 0.3) is 11.3 Å². The minimum absolute atomic E-state index is 0.0489. The molecule has 2 heterocycles. The van der Waals surface area contributed by atoms with Crippen molar-refractivity contribution in [2.24, 2.45) is 5.92 Å². The Kier molecular flexibility index (Phi) is 6.23. The normalized spacial score (nSPS) is 14.4. The Morgan fingerprint density at radius 2 is 1.80 bits per heavy atom. The molecule has 1 amide bonds. The standard InChI is InChI=1S/C24H26N4O2/c1-30-21-9-7-19(8-10-21)22-15-23(27-17-26-22)28-13-11-20(12-14-28)24(29)25-16-18-5-3-2-4-6-18/h2-10,15,17,20H,11-14,16H2,1H3,(H,25,29). The van der Waals surface area contributed by atoms with Crippen LogP contribution in [-0.4, -0.2) is 36.1 Å². The molecule has 0 radical (unpaired) electrons. The van der Waals surface area contributed by atoms with Crippen LogP contribution in [0.4, 0.5) is 5.82 Å². The number of benzene rings is 2. The summed E-state index contributed by atoms with van der Waals surface area (Å²) in [6.07, 6.45) is 3.25. The monoisotopic (exact) mass is 402 g/mol. The molecular formula is C24H26N4O2. The van der Waals surface area contributed by atoms with Crippen LogP contribution in [0, 0.1) is 5.92 Å². The summed E-state index contributed by atoms with van der Waals surface area (Å²) in [5.74, 6) is 1.91. The number of piperidine rings is 1. The molecule has 6 heteroatoms. The van der Waals surface area contributed by atoms with Gasteiger partial charge in [-0.05, 0) is 42.7 Å². The molecule has 1 aromatic heterocycles. The molecule has 0 spiro atoms. The van der Waals surface area contributed by atoms with Crippen LogP contribution in [0.15, 0.2) is 67.0 Å². The molecule has 6 nitrogen and oxygen atoms in total. The van der Waals surface area contributed by atoms with E-state index in [0.29, 0.717) is 6.54 Å². The molecule has 1 saturated heterocycles. The van der Waals surface area contributed by atoms with E-state index in [4.69, 9.17) is 4.74 Å². The van der Waals surface area contributed by atoms with Gasteiger partial charge in [0.05, 0.1) is 12.8 Å². The maximum Gasteiger partial charge on any atom is 0.223 e. The van der Waals surface area contributed by atoms with Gasteiger partial charge in [0.1, 0.15) is 17.9 Å². The van der Waals surface area contributed by atoms with E-state index in [1.165, 1.54) is 0 Å². The average Bonchev–Trinajstić information content (AvgIpc) is 2.83. The lowest BCUT2D eigenvalue weighted by atomic mass is 9.95. The van der Waals surface area contributed by atoms with Crippen molar-refractivity contribution < 1.29 is 9.53 Å². The number of carbonyl (C=O) groups is 1. The predicted molar refractivity (Wildman–Crippen MR) is 117 cm³/mol. The van der Waals surface area contributed by atoms with E-state index in [1.807, 2.05) is 60.7 Å². The summed E-state index contributed by atoms with van der Waals surface area (Å²) in [5.41, 5.74) is 3.02. The van der Waals surface area contributed by atoms with E-state index >= 15 is 0 Å². The van der Waals surface area contributed by atoms with Crippen molar-refractivity contribution in [1.29, 1.82) is 0 Å². The van der Waals surface area contributed by atoms with Gasteiger partial charge in [-0.15, -0.1) is 0 Å². The fraction of sp³-hybridized carbons (Fsp3) is 0.292. The topological polar surface area (TPSA) is 67.3 Å². The van der Waals surface area contributed by atoms with Crippen LogP contribution in [0.1, 0.15) is 18.4 Å². The molecule has 2 aromatic carbocycles. The highest BCUT2D eigenvalue weighted by Crippen LogP contribution is 2.26. The lowest BCUT2D eigenvalue weighted by Gasteiger charge is -2.32. The van der Waals surface area contributed by atoms with Gasteiger partial charge in [0, 0.05) is 37.2 Å². The number of methoxy groups -OCH3 is 1. The Morgan fingerprint density at radius 3 is 2.50 bits per heavy atom. The highest BCUT2D eigenvalue weighted by Gasteiger charge is 2.25. The summed E-state index contributed by atoms with van der Waals surface area (Å²) in [7, 11) is 1.66. The summed E-state index contributed by atoms with van der Waals surface area (Å²) in [6, 6.07) is 19.9. The summed E-state index contributed by atoms with van der Waals surface area (Å²) >= 11 is 0. The number of amides is 1. The zero-order chi connectivity index (χ0) is 20.8. The van der Waals surface area contributed by atoms with Crippen LogP contribution in [0.3, 0.4) is 0 Å². The molecular weight excluding hydrogens is 376 g/mol. The Hall–Kier alpha value is -3.41. The van der Waals surface area contributed by atoms with Gasteiger partial charge in [0.15, 0.2) is 0 Å². The van der Waals surface area contributed by atoms with E-state index in [9.17, 15) is 4.79 Å². The van der Waals surface area contributed by atoms with E-state index in [2.05, 4.69) is 20.2 Å². The van der Waals surface area contributed by atoms with Gasteiger partial charge < -0.3 is 15.0 Å². The van der Waals surface area contributed by atoms with Gasteiger partial charge in [-0.3, -0.25) is 4.79 Å². The van der Waals surface area contributed by atoms with Gasteiger partial charge in [-0.2, -0.15) is 0 Å². The summed E-state index contributed by atoms with van der Waals surface area (Å²) in [6.45, 7) is 2.20. The lowest BCUT2D eigenvalue weighted by molar-refractivity contribution is -0.125. The maximum absolute atomic E-state index is 12.5. The largest absolute Gasteiger partial charge is 0.497 e. The Morgan fingerprint density at radius 1 is 1.07 bits per heavy atom. The SMILES string of the molecule is COc1ccc(-c2cc(N3CCC(C(=O)NCc4ccccc4)CC3)ncn2)cc1. The fourth-order valence-electron chi connectivity index (χ4n) is 3.74. The second kappa shape index (κ2) is 9.39. The molecule has 0 aliphatic carbocycles. The Balaban J connectivity index is 1.34. The maximum atomic E-state index is 12.5. The molecule has 0 bridgehead atoms. The third kappa shape index (κ3) is 4.76.